The summed E-state index contributed by atoms with van der Waals surface area (Å²) < 4.78 is 0. The molecule has 0 aromatic carbocycles. The second-order valence-corrected chi connectivity index (χ2v) is 5.29. The van der Waals surface area contributed by atoms with E-state index in [4.69, 9.17) is 0 Å². The minimum absolute atomic E-state index is 0.287. The van der Waals surface area contributed by atoms with Crippen molar-refractivity contribution in [2.45, 2.75) is 47.0 Å². The number of carboxylic acids is 1. The van der Waals surface area contributed by atoms with E-state index in [0.717, 1.165) is 12.8 Å². The molecule has 0 radical (unpaired) electrons. The van der Waals surface area contributed by atoms with Crippen molar-refractivity contribution in [3.8, 4) is 0 Å². The molecule has 0 heterocycles. The summed E-state index contributed by atoms with van der Waals surface area (Å²) in [4.78, 5) is 11.3. The highest BCUT2D eigenvalue weighted by Crippen LogP contribution is 2.39. The molecule has 16 heavy (non-hydrogen) atoms. The normalized spacial score (nSPS) is 31.1. The fraction of sp³-hybridized carbons (Fsp3) is 0.643. The molecule has 0 saturated heterocycles. The molecule has 1 aliphatic carbocycles. The summed E-state index contributed by atoms with van der Waals surface area (Å²) in [5.41, 5.74) is 1.94. The van der Waals surface area contributed by atoms with Gasteiger partial charge in [0.2, 0.25) is 0 Å². The Morgan fingerprint density at radius 2 is 2.31 bits per heavy atom. The molecule has 1 rings (SSSR count). The zero-order valence-corrected chi connectivity index (χ0v) is 10.7. The first-order valence-corrected chi connectivity index (χ1v) is 5.95. The van der Waals surface area contributed by atoms with Gasteiger partial charge in [0.1, 0.15) is 0 Å². The third kappa shape index (κ3) is 2.97. The lowest BCUT2D eigenvalue weighted by Gasteiger charge is -2.32. The first kappa shape index (κ1) is 13.0. The quantitative estimate of drug-likeness (QED) is 0.738. The number of carboxylic acid groups (broad SMARTS) is 1. The van der Waals surface area contributed by atoms with Gasteiger partial charge >= 0.3 is 5.97 Å². The second kappa shape index (κ2) is 4.86. The molecule has 1 unspecified atom stereocenters. The van der Waals surface area contributed by atoms with Crippen molar-refractivity contribution in [3.63, 3.8) is 0 Å². The number of aliphatic carboxylic acids is 1. The van der Waals surface area contributed by atoms with Crippen LogP contribution in [-0.4, -0.2) is 11.1 Å². The molecule has 90 valence electrons. The maximum atomic E-state index is 11.3. The fourth-order valence-electron chi connectivity index (χ4n) is 2.44. The summed E-state index contributed by atoms with van der Waals surface area (Å²) in [5, 5.41) is 9.28. The molecule has 2 atom stereocenters. The van der Waals surface area contributed by atoms with Crippen LogP contribution in [0.1, 0.15) is 47.0 Å². The first-order chi connectivity index (χ1) is 7.37. The standard InChI is InChI=1S/C14H22O2/c1-5-10(2)6-12-7-11(3)8-14(4,9-12)13(15)16/h6-7,12H,5,8-9H2,1-4H3,(H,15,16)/t12?,14-/m1/s1. The number of rotatable bonds is 3. The molecule has 2 heteroatoms. The molecule has 2 nitrogen and oxygen atoms in total. The van der Waals surface area contributed by atoms with E-state index >= 15 is 0 Å². The summed E-state index contributed by atoms with van der Waals surface area (Å²) in [6.45, 7) is 8.12. The van der Waals surface area contributed by atoms with Gasteiger partial charge in [-0.2, -0.15) is 0 Å². The van der Waals surface area contributed by atoms with E-state index in [-0.39, 0.29) is 5.92 Å². The maximum absolute atomic E-state index is 11.3. The SMILES string of the molecule is CCC(C)=CC1C=C(C)C[C@@](C)(C(=O)O)C1. The van der Waals surface area contributed by atoms with Gasteiger partial charge in [-0.15, -0.1) is 0 Å². The lowest BCUT2D eigenvalue weighted by atomic mass is 9.71. The Hall–Kier alpha value is -1.05. The number of hydrogen-bond acceptors (Lipinski definition) is 1. The minimum Gasteiger partial charge on any atom is -0.481 e. The summed E-state index contributed by atoms with van der Waals surface area (Å²) in [7, 11) is 0. The van der Waals surface area contributed by atoms with Crippen LogP contribution in [0.3, 0.4) is 0 Å². The van der Waals surface area contributed by atoms with Crippen LogP contribution in [0.15, 0.2) is 23.3 Å². The Kier molecular flexibility index (Phi) is 3.95. The van der Waals surface area contributed by atoms with Gasteiger partial charge in [-0.25, -0.2) is 0 Å². The van der Waals surface area contributed by atoms with Crippen molar-refractivity contribution in [3.05, 3.63) is 23.3 Å². The van der Waals surface area contributed by atoms with Crippen LogP contribution in [-0.2, 0) is 4.79 Å². The summed E-state index contributed by atoms with van der Waals surface area (Å²) in [6, 6.07) is 0. The molecule has 0 aliphatic heterocycles. The van der Waals surface area contributed by atoms with Gasteiger partial charge in [0.05, 0.1) is 5.41 Å². The van der Waals surface area contributed by atoms with Crippen LogP contribution >= 0.6 is 0 Å². The van der Waals surface area contributed by atoms with Crippen LogP contribution in [0.4, 0.5) is 0 Å². The average molecular weight is 222 g/mol. The van der Waals surface area contributed by atoms with Gasteiger partial charge < -0.3 is 5.11 Å². The van der Waals surface area contributed by atoms with E-state index in [2.05, 4.69) is 26.0 Å². The molecule has 0 saturated carbocycles. The molecule has 0 aromatic heterocycles. The number of hydrogen-bond donors (Lipinski definition) is 1. The Morgan fingerprint density at radius 3 is 2.81 bits per heavy atom. The van der Waals surface area contributed by atoms with Gasteiger partial charge in [-0.1, -0.05) is 30.2 Å². The van der Waals surface area contributed by atoms with E-state index in [9.17, 15) is 9.90 Å². The van der Waals surface area contributed by atoms with Crippen molar-refractivity contribution in [2.75, 3.05) is 0 Å². The molecule has 0 aromatic rings. The van der Waals surface area contributed by atoms with Crippen LogP contribution in [0.2, 0.25) is 0 Å². The number of carbonyl (C=O) groups is 1. The monoisotopic (exact) mass is 222 g/mol. The van der Waals surface area contributed by atoms with Gasteiger partial charge in [0, 0.05) is 0 Å². The van der Waals surface area contributed by atoms with Gasteiger partial charge in [-0.3, -0.25) is 4.79 Å². The molecular formula is C14H22O2. The van der Waals surface area contributed by atoms with Crippen molar-refractivity contribution in [1.82, 2.24) is 0 Å². The highest BCUT2D eigenvalue weighted by atomic mass is 16.4. The smallest absolute Gasteiger partial charge is 0.309 e. The Bertz CT molecular complexity index is 339. The van der Waals surface area contributed by atoms with E-state index in [0.29, 0.717) is 6.42 Å². The molecule has 0 fully saturated rings. The predicted molar refractivity (Wildman–Crippen MR) is 66.3 cm³/mol. The molecule has 1 N–H and O–H groups in total. The van der Waals surface area contributed by atoms with Crippen molar-refractivity contribution >= 4 is 5.97 Å². The third-order valence-electron chi connectivity index (χ3n) is 3.43. The van der Waals surface area contributed by atoms with Crippen LogP contribution < -0.4 is 0 Å². The summed E-state index contributed by atoms with van der Waals surface area (Å²) in [6.07, 6.45) is 6.86. The Balaban J connectivity index is 2.91. The second-order valence-electron chi connectivity index (χ2n) is 5.29. The van der Waals surface area contributed by atoms with Crippen LogP contribution in [0.5, 0.6) is 0 Å². The van der Waals surface area contributed by atoms with Crippen molar-refractivity contribution < 1.29 is 9.90 Å². The van der Waals surface area contributed by atoms with E-state index in [1.165, 1.54) is 11.1 Å². The molecule has 0 bridgehead atoms. The lowest BCUT2D eigenvalue weighted by Crippen LogP contribution is -2.32. The maximum Gasteiger partial charge on any atom is 0.309 e. The van der Waals surface area contributed by atoms with Crippen molar-refractivity contribution in [1.29, 1.82) is 0 Å². The zero-order chi connectivity index (χ0) is 12.3. The van der Waals surface area contributed by atoms with E-state index in [1.807, 2.05) is 13.8 Å². The highest BCUT2D eigenvalue weighted by molar-refractivity contribution is 5.75. The van der Waals surface area contributed by atoms with Gasteiger partial charge in [0.25, 0.3) is 0 Å². The predicted octanol–water partition coefficient (Wildman–Crippen LogP) is 3.79. The molecule has 0 amide bonds. The fourth-order valence-corrected chi connectivity index (χ4v) is 2.44. The number of allylic oxidation sites excluding steroid dienone is 4. The Morgan fingerprint density at radius 1 is 1.69 bits per heavy atom. The topological polar surface area (TPSA) is 37.3 Å². The minimum atomic E-state index is -0.674. The Labute approximate surface area is 98.1 Å². The zero-order valence-electron chi connectivity index (χ0n) is 10.7. The van der Waals surface area contributed by atoms with Crippen LogP contribution in [0.25, 0.3) is 0 Å². The summed E-state index contributed by atoms with van der Waals surface area (Å²) >= 11 is 0. The van der Waals surface area contributed by atoms with Gasteiger partial charge in [0.15, 0.2) is 0 Å². The lowest BCUT2D eigenvalue weighted by molar-refractivity contribution is -0.148. The van der Waals surface area contributed by atoms with Crippen molar-refractivity contribution in [2.24, 2.45) is 11.3 Å². The average Bonchev–Trinajstić information content (AvgIpc) is 2.15. The van der Waals surface area contributed by atoms with Gasteiger partial charge in [-0.05, 0) is 46.0 Å². The van der Waals surface area contributed by atoms with E-state index in [1.54, 1.807) is 0 Å². The van der Waals surface area contributed by atoms with E-state index < -0.39 is 11.4 Å². The largest absolute Gasteiger partial charge is 0.481 e. The molecule has 0 spiro atoms. The highest BCUT2D eigenvalue weighted by Gasteiger charge is 2.37. The molecule has 1 aliphatic rings. The summed E-state index contributed by atoms with van der Waals surface area (Å²) in [5.74, 6) is -0.387. The van der Waals surface area contributed by atoms with Crippen LogP contribution in [0, 0.1) is 11.3 Å². The molecular weight excluding hydrogens is 200 g/mol. The third-order valence-corrected chi connectivity index (χ3v) is 3.43. The first-order valence-electron chi connectivity index (χ1n) is 5.95.